The second kappa shape index (κ2) is 7.68. The summed E-state index contributed by atoms with van der Waals surface area (Å²) in [6.45, 7) is 4.17. The highest BCUT2D eigenvalue weighted by Crippen LogP contribution is 2.10. The van der Waals surface area contributed by atoms with Crippen LogP contribution in [0.3, 0.4) is 0 Å². The Morgan fingerprint density at radius 1 is 1.25 bits per heavy atom. The van der Waals surface area contributed by atoms with Gasteiger partial charge in [-0.25, -0.2) is 4.79 Å². The summed E-state index contributed by atoms with van der Waals surface area (Å²) < 4.78 is 0. The molecule has 0 aliphatic rings. The van der Waals surface area contributed by atoms with E-state index in [4.69, 9.17) is 5.11 Å². The van der Waals surface area contributed by atoms with Crippen molar-refractivity contribution < 1.29 is 14.7 Å². The van der Waals surface area contributed by atoms with Crippen LogP contribution in [0.4, 0.5) is 0 Å². The molecular formula is C16H23NO3. The Bertz CT molecular complexity index is 453. The summed E-state index contributed by atoms with van der Waals surface area (Å²) in [5, 5.41) is 8.82. The number of carbonyl (C=O) groups excluding carboxylic acids is 1. The van der Waals surface area contributed by atoms with Gasteiger partial charge in [-0.05, 0) is 37.5 Å². The van der Waals surface area contributed by atoms with Gasteiger partial charge in [0.1, 0.15) is 0 Å². The Morgan fingerprint density at radius 3 is 2.35 bits per heavy atom. The van der Waals surface area contributed by atoms with Crippen molar-refractivity contribution in [2.45, 2.75) is 45.6 Å². The maximum Gasteiger partial charge on any atom is 0.335 e. The van der Waals surface area contributed by atoms with Crippen molar-refractivity contribution in [2.24, 2.45) is 0 Å². The van der Waals surface area contributed by atoms with Crippen LogP contribution in [0.5, 0.6) is 0 Å². The van der Waals surface area contributed by atoms with E-state index in [1.165, 1.54) is 0 Å². The lowest BCUT2D eigenvalue weighted by Gasteiger charge is -2.24. The SMILES string of the molecule is CCCC(C)N(C)C(=O)CCc1ccc(C(=O)O)cc1. The van der Waals surface area contributed by atoms with Gasteiger partial charge < -0.3 is 10.0 Å². The van der Waals surface area contributed by atoms with Crippen molar-refractivity contribution in [3.8, 4) is 0 Å². The molecule has 0 fully saturated rings. The average molecular weight is 277 g/mol. The van der Waals surface area contributed by atoms with Gasteiger partial charge in [0, 0.05) is 19.5 Å². The molecule has 1 rings (SSSR count). The number of hydrogen-bond acceptors (Lipinski definition) is 2. The van der Waals surface area contributed by atoms with Crippen LogP contribution >= 0.6 is 0 Å². The lowest BCUT2D eigenvalue weighted by molar-refractivity contribution is -0.131. The summed E-state index contributed by atoms with van der Waals surface area (Å²) in [6, 6.07) is 6.96. The number of nitrogens with zero attached hydrogens (tertiary/aromatic N) is 1. The zero-order chi connectivity index (χ0) is 15.1. The molecule has 0 aromatic heterocycles. The molecule has 0 bridgehead atoms. The van der Waals surface area contributed by atoms with Crippen LogP contribution in [-0.2, 0) is 11.2 Å². The maximum atomic E-state index is 12.0. The van der Waals surface area contributed by atoms with Gasteiger partial charge in [-0.2, -0.15) is 0 Å². The largest absolute Gasteiger partial charge is 0.478 e. The molecule has 1 amide bonds. The van der Waals surface area contributed by atoms with Crippen molar-refractivity contribution in [2.75, 3.05) is 7.05 Å². The summed E-state index contributed by atoms with van der Waals surface area (Å²) in [6.07, 6.45) is 3.17. The van der Waals surface area contributed by atoms with Gasteiger partial charge in [0.2, 0.25) is 5.91 Å². The van der Waals surface area contributed by atoms with E-state index in [1.807, 2.05) is 7.05 Å². The maximum absolute atomic E-state index is 12.0. The minimum Gasteiger partial charge on any atom is -0.478 e. The minimum absolute atomic E-state index is 0.133. The summed E-state index contributed by atoms with van der Waals surface area (Å²) >= 11 is 0. The molecule has 1 aromatic rings. The van der Waals surface area contributed by atoms with Crippen molar-refractivity contribution in [3.63, 3.8) is 0 Å². The second-order valence-electron chi connectivity index (χ2n) is 5.14. The highest BCUT2D eigenvalue weighted by atomic mass is 16.4. The molecule has 1 N–H and O–H groups in total. The first-order valence-corrected chi connectivity index (χ1v) is 7.03. The Hall–Kier alpha value is -1.84. The number of carbonyl (C=O) groups is 2. The average Bonchev–Trinajstić information content (AvgIpc) is 2.44. The van der Waals surface area contributed by atoms with E-state index in [1.54, 1.807) is 29.2 Å². The number of rotatable bonds is 7. The Balaban J connectivity index is 2.50. The molecule has 20 heavy (non-hydrogen) atoms. The van der Waals surface area contributed by atoms with Gasteiger partial charge >= 0.3 is 5.97 Å². The van der Waals surface area contributed by atoms with Gasteiger partial charge in [-0.1, -0.05) is 25.5 Å². The van der Waals surface area contributed by atoms with E-state index in [0.717, 1.165) is 18.4 Å². The molecule has 0 aliphatic carbocycles. The van der Waals surface area contributed by atoms with E-state index in [0.29, 0.717) is 12.8 Å². The smallest absolute Gasteiger partial charge is 0.335 e. The fourth-order valence-electron chi connectivity index (χ4n) is 2.10. The lowest BCUT2D eigenvalue weighted by atomic mass is 10.1. The van der Waals surface area contributed by atoms with Gasteiger partial charge in [-0.15, -0.1) is 0 Å². The quantitative estimate of drug-likeness (QED) is 0.833. The lowest BCUT2D eigenvalue weighted by Crippen LogP contribution is -2.35. The van der Waals surface area contributed by atoms with Crippen LogP contribution in [-0.4, -0.2) is 35.0 Å². The zero-order valence-electron chi connectivity index (χ0n) is 12.4. The fraction of sp³-hybridized carbons (Fsp3) is 0.500. The van der Waals surface area contributed by atoms with E-state index in [2.05, 4.69) is 13.8 Å². The molecule has 0 heterocycles. The van der Waals surface area contributed by atoms with Crippen LogP contribution in [0, 0.1) is 0 Å². The molecule has 4 nitrogen and oxygen atoms in total. The summed E-state index contributed by atoms with van der Waals surface area (Å²) in [7, 11) is 1.84. The van der Waals surface area contributed by atoms with Gasteiger partial charge in [-0.3, -0.25) is 4.79 Å². The van der Waals surface area contributed by atoms with E-state index < -0.39 is 5.97 Å². The molecule has 4 heteroatoms. The Morgan fingerprint density at radius 2 is 1.85 bits per heavy atom. The predicted octanol–water partition coefficient (Wildman–Crippen LogP) is 2.96. The fourth-order valence-corrected chi connectivity index (χ4v) is 2.10. The van der Waals surface area contributed by atoms with Crippen LogP contribution in [0.15, 0.2) is 24.3 Å². The Labute approximate surface area is 120 Å². The van der Waals surface area contributed by atoms with Crippen LogP contribution in [0.1, 0.15) is 49.0 Å². The summed E-state index contributed by atoms with van der Waals surface area (Å²) in [4.78, 5) is 24.6. The first-order chi connectivity index (χ1) is 9.45. The van der Waals surface area contributed by atoms with E-state index in [9.17, 15) is 9.59 Å². The third kappa shape index (κ3) is 4.68. The monoisotopic (exact) mass is 277 g/mol. The number of carboxylic acids is 1. The number of aromatic carboxylic acids is 1. The summed E-state index contributed by atoms with van der Waals surface area (Å²) in [5.74, 6) is -0.797. The van der Waals surface area contributed by atoms with Crippen molar-refractivity contribution in [1.29, 1.82) is 0 Å². The van der Waals surface area contributed by atoms with Crippen LogP contribution in [0.25, 0.3) is 0 Å². The molecule has 0 saturated heterocycles. The van der Waals surface area contributed by atoms with E-state index in [-0.39, 0.29) is 17.5 Å². The highest BCUT2D eigenvalue weighted by Gasteiger charge is 2.14. The highest BCUT2D eigenvalue weighted by molar-refractivity contribution is 5.87. The van der Waals surface area contributed by atoms with Crippen LogP contribution in [0.2, 0.25) is 0 Å². The number of benzene rings is 1. The molecule has 0 radical (unpaired) electrons. The second-order valence-corrected chi connectivity index (χ2v) is 5.14. The van der Waals surface area contributed by atoms with Crippen molar-refractivity contribution >= 4 is 11.9 Å². The Kier molecular flexibility index (Phi) is 6.22. The molecule has 0 aliphatic heterocycles. The molecule has 110 valence electrons. The predicted molar refractivity (Wildman–Crippen MR) is 78.9 cm³/mol. The molecule has 1 atom stereocenters. The van der Waals surface area contributed by atoms with Gasteiger partial charge in [0.05, 0.1) is 5.56 Å². The first kappa shape index (κ1) is 16.2. The number of hydrogen-bond donors (Lipinski definition) is 1. The molecule has 0 saturated carbocycles. The van der Waals surface area contributed by atoms with Gasteiger partial charge in [0.25, 0.3) is 0 Å². The number of aryl methyl sites for hydroxylation is 1. The topological polar surface area (TPSA) is 57.6 Å². The zero-order valence-corrected chi connectivity index (χ0v) is 12.4. The third-order valence-electron chi connectivity index (χ3n) is 3.59. The first-order valence-electron chi connectivity index (χ1n) is 7.03. The molecular weight excluding hydrogens is 254 g/mol. The van der Waals surface area contributed by atoms with Crippen molar-refractivity contribution in [1.82, 2.24) is 4.90 Å². The van der Waals surface area contributed by atoms with Gasteiger partial charge in [0.15, 0.2) is 0 Å². The van der Waals surface area contributed by atoms with Crippen LogP contribution < -0.4 is 0 Å². The standard InChI is InChI=1S/C16H23NO3/c1-4-5-12(2)17(3)15(18)11-8-13-6-9-14(10-7-13)16(19)20/h6-7,9-10,12H,4-5,8,11H2,1-3H3,(H,19,20). The third-order valence-corrected chi connectivity index (χ3v) is 3.59. The number of carboxylic acid groups (broad SMARTS) is 1. The number of amides is 1. The molecule has 1 unspecified atom stereocenters. The van der Waals surface area contributed by atoms with Crippen molar-refractivity contribution in [3.05, 3.63) is 35.4 Å². The molecule has 0 spiro atoms. The summed E-state index contributed by atoms with van der Waals surface area (Å²) in [5.41, 5.74) is 1.26. The molecule has 1 aromatic carbocycles. The minimum atomic E-state index is -0.930. The van der Waals surface area contributed by atoms with E-state index >= 15 is 0 Å². The normalized spacial score (nSPS) is 11.9.